The van der Waals surface area contributed by atoms with Gasteiger partial charge in [-0.25, -0.2) is 0 Å². The van der Waals surface area contributed by atoms with Gasteiger partial charge in [-0.15, -0.1) is 0 Å². The summed E-state index contributed by atoms with van der Waals surface area (Å²) in [6, 6.07) is -0.157. The summed E-state index contributed by atoms with van der Waals surface area (Å²) < 4.78 is 1.80. The largest absolute Gasteiger partial charge is 0.409 e. The smallest absolute Gasteiger partial charge is 0.156 e. The number of hydrogen-bond acceptors (Lipinski definition) is 4. The van der Waals surface area contributed by atoms with Crippen molar-refractivity contribution in [1.29, 1.82) is 0 Å². The van der Waals surface area contributed by atoms with Gasteiger partial charge >= 0.3 is 0 Å². The van der Waals surface area contributed by atoms with E-state index < -0.39 is 0 Å². The lowest BCUT2D eigenvalue weighted by Crippen LogP contribution is -2.38. The molecule has 0 saturated carbocycles. The molecule has 6 nitrogen and oxygen atoms in total. The maximum absolute atomic E-state index is 8.51. The molecular formula is C10H19N5O. The molecule has 1 atom stereocenters. The van der Waals surface area contributed by atoms with E-state index in [-0.39, 0.29) is 11.9 Å². The first-order chi connectivity index (χ1) is 7.58. The fourth-order valence-electron chi connectivity index (χ4n) is 1.48. The van der Waals surface area contributed by atoms with Gasteiger partial charge in [-0.1, -0.05) is 12.1 Å². The number of aromatic nitrogens is 2. The van der Waals surface area contributed by atoms with Crippen LogP contribution in [0, 0.1) is 0 Å². The summed E-state index contributed by atoms with van der Waals surface area (Å²) in [6.45, 7) is 4.57. The molecule has 4 N–H and O–H groups in total. The zero-order valence-electron chi connectivity index (χ0n) is 9.94. The number of hydrogen-bond donors (Lipinski definition) is 3. The van der Waals surface area contributed by atoms with Crippen LogP contribution >= 0.6 is 0 Å². The Hall–Kier alpha value is -1.56. The van der Waals surface area contributed by atoms with Crippen molar-refractivity contribution in [3.05, 3.63) is 17.5 Å². The first-order valence-corrected chi connectivity index (χ1v) is 5.30. The van der Waals surface area contributed by atoms with Gasteiger partial charge < -0.3 is 16.3 Å². The van der Waals surface area contributed by atoms with Crippen molar-refractivity contribution in [3.63, 3.8) is 0 Å². The molecule has 90 valence electrons. The normalized spacial score (nSPS) is 14.1. The van der Waals surface area contributed by atoms with E-state index in [0.717, 1.165) is 17.7 Å². The number of nitrogens with one attached hydrogen (secondary N) is 1. The molecule has 0 aliphatic rings. The third kappa shape index (κ3) is 2.96. The molecule has 0 amide bonds. The predicted molar refractivity (Wildman–Crippen MR) is 62.3 cm³/mol. The first-order valence-electron chi connectivity index (χ1n) is 5.30. The third-order valence-corrected chi connectivity index (χ3v) is 2.48. The van der Waals surface area contributed by atoms with Crippen molar-refractivity contribution in [2.75, 3.05) is 0 Å². The summed E-state index contributed by atoms with van der Waals surface area (Å²) in [6.07, 6.45) is 2.88. The summed E-state index contributed by atoms with van der Waals surface area (Å²) in [5.74, 6) is 0.182. The molecule has 0 bridgehead atoms. The Kier molecular flexibility index (Phi) is 4.30. The van der Waals surface area contributed by atoms with Crippen LogP contribution in [0.3, 0.4) is 0 Å². The van der Waals surface area contributed by atoms with Crippen molar-refractivity contribution in [2.24, 2.45) is 17.9 Å². The molecule has 0 aromatic carbocycles. The van der Waals surface area contributed by atoms with Crippen molar-refractivity contribution in [2.45, 2.75) is 32.9 Å². The monoisotopic (exact) mass is 225 g/mol. The van der Waals surface area contributed by atoms with E-state index in [1.807, 2.05) is 20.2 Å². The average Bonchev–Trinajstić information content (AvgIpc) is 2.65. The third-order valence-electron chi connectivity index (χ3n) is 2.48. The van der Waals surface area contributed by atoms with Gasteiger partial charge in [0.25, 0.3) is 0 Å². The molecule has 0 aliphatic heterocycles. The Bertz CT molecular complexity index is 371. The van der Waals surface area contributed by atoms with Gasteiger partial charge in [-0.05, 0) is 13.3 Å². The Balaban J connectivity index is 2.60. The van der Waals surface area contributed by atoms with Crippen molar-refractivity contribution >= 4 is 5.84 Å². The quantitative estimate of drug-likeness (QED) is 0.289. The van der Waals surface area contributed by atoms with Gasteiger partial charge in [-0.2, -0.15) is 5.10 Å². The molecule has 6 heteroatoms. The van der Waals surface area contributed by atoms with E-state index in [4.69, 9.17) is 10.9 Å². The lowest BCUT2D eigenvalue weighted by atomic mass is 10.2. The van der Waals surface area contributed by atoms with Gasteiger partial charge in [-0.3, -0.25) is 4.68 Å². The predicted octanol–water partition coefficient (Wildman–Crippen LogP) is 0.207. The molecular weight excluding hydrogens is 206 g/mol. The van der Waals surface area contributed by atoms with Gasteiger partial charge in [0.1, 0.15) is 0 Å². The van der Waals surface area contributed by atoms with Crippen LogP contribution in [0.4, 0.5) is 0 Å². The van der Waals surface area contributed by atoms with Crippen LogP contribution in [0.25, 0.3) is 0 Å². The maximum Gasteiger partial charge on any atom is 0.156 e. The average molecular weight is 225 g/mol. The van der Waals surface area contributed by atoms with Gasteiger partial charge in [0.2, 0.25) is 0 Å². The summed E-state index contributed by atoms with van der Waals surface area (Å²) >= 11 is 0. The van der Waals surface area contributed by atoms with Gasteiger partial charge in [0.15, 0.2) is 5.84 Å². The highest BCUT2D eigenvalue weighted by Gasteiger charge is 2.10. The summed E-state index contributed by atoms with van der Waals surface area (Å²) in [4.78, 5) is 0. The van der Waals surface area contributed by atoms with Crippen molar-refractivity contribution in [3.8, 4) is 0 Å². The minimum Gasteiger partial charge on any atom is -0.409 e. The fourth-order valence-corrected chi connectivity index (χ4v) is 1.48. The lowest BCUT2D eigenvalue weighted by molar-refractivity contribution is 0.315. The number of amidine groups is 1. The summed E-state index contributed by atoms with van der Waals surface area (Å²) in [7, 11) is 1.90. The lowest BCUT2D eigenvalue weighted by Gasteiger charge is -2.11. The van der Waals surface area contributed by atoms with Crippen LogP contribution in [0.2, 0.25) is 0 Å². The molecule has 1 aromatic heterocycles. The molecule has 0 fully saturated rings. The zero-order valence-corrected chi connectivity index (χ0v) is 9.94. The van der Waals surface area contributed by atoms with Crippen molar-refractivity contribution < 1.29 is 5.21 Å². The number of oxime groups is 1. The Morgan fingerprint density at radius 3 is 3.00 bits per heavy atom. The Morgan fingerprint density at radius 1 is 1.75 bits per heavy atom. The second-order valence-corrected chi connectivity index (χ2v) is 3.76. The van der Waals surface area contributed by atoms with Crippen LogP contribution in [0.1, 0.15) is 25.1 Å². The van der Waals surface area contributed by atoms with E-state index in [9.17, 15) is 0 Å². The summed E-state index contributed by atoms with van der Waals surface area (Å²) in [5.41, 5.74) is 7.69. The molecule has 1 heterocycles. The minimum absolute atomic E-state index is 0.157. The van der Waals surface area contributed by atoms with Crippen LogP contribution in [-0.2, 0) is 20.0 Å². The minimum atomic E-state index is -0.157. The molecule has 16 heavy (non-hydrogen) atoms. The molecule has 1 unspecified atom stereocenters. The standard InChI is InChI=1S/C10H19N5O/c1-4-9-8(6-15(3)13-9)5-12-7(2)10(11)14-16/h6-7,12,16H,4-5H2,1-3H3,(H2,11,14). The number of nitrogens with two attached hydrogens (primary N) is 1. The number of nitrogens with zero attached hydrogens (tertiary/aromatic N) is 3. The van der Waals surface area contributed by atoms with E-state index in [1.165, 1.54) is 0 Å². The second kappa shape index (κ2) is 5.50. The van der Waals surface area contributed by atoms with E-state index in [2.05, 4.69) is 22.5 Å². The molecule has 0 spiro atoms. The van der Waals surface area contributed by atoms with Crippen LogP contribution in [0.5, 0.6) is 0 Å². The van der Waals surface area contributed by atoms with Gasteiger partial charge in [0.05, 0.1) is 11.7 Å². The first kappa shape index (κ1) is 12.5. The number of aryl methyl sites for hydroxylation is 2. The van der Waals surface area contributed by atoms with Crippen LogP contribution in [-0.4, -0.2) is 26.9 Å². The highest BCUT2D eigenvalue weighted by atomic mass is 16.4. The van der Waals surface area contributed by atoms with Crippen LogP contribution < -0.4 is 11.1 Å². The van der Waals surface area contributed by atoms with Crippen LogP contribution in [0.15, 0.2) is 11.4 Å². The highest BCUT2D eigenvalue weighted by molar-refractivity contribution is 5.84. The highest BCUT2D eigenvalue weighted by Crippen LogP contribution is 2.06. The molecule has 0 saturated heterocycles. The van der Waals surface area contributed by atoms with Crippen molar-refractivity contribution in [1.82, 2.24) is 15.1 Å². The zero-order chi connectivity index (χ0) is 12.1. The Labute approximate surface area is 95.1 Å². The maximum atomic E-state index is 8.51. The topological polar surface area (TPSA) is 88.5 Å². The Morgan fingerprint density at radius 2 is 2.44 bits per heavy atom. The summed E-state index contributed by atoms with van der Waals surface area (Å²) in [5, 5.41) is 19.0. The van der Waals surface area contributed by atoms with E-state index in [1.54, 1.807) is 4.68 Å². The molecule has 1 aromatic rings. The van der Waals surface area contributed by atoms with Gasteiger partial charge in [0, 0.05) is 25.4 Å². The SMILES string of the molecule is CCc1nn(C)cc1CNC(C)/C(N)=N/O. The fraction of sp³-hybridized carbons (Fsp3) is 0.600. The number of rotatable bonds is 5. The van der Waals surface area contributed by atoms with E-state index >= 15 is 0 Å². The molecule has 0 radical (unpaired) electrons. The van der Waals surface area contributed by atoms with E-state index in [0.29, 0.717) is 6.54 Å². The second-order valence-electron chi connectivity index (χ2n) is 3.76. The molecule has 1 rings (SSSR count). The molecule has 0 aliphatic carbocycles.